The van der Waals surface area contributed by atoms with E-state index in [1.54, 1.807) is 0 Å². The summed E-state index contributed by atoms with van der Waals surface area (Å²) >= 11 is 0. The molecule has 0 fully saturated rings. The van der Waals surface area contributed by atoms with E-state index in [2.05, 4.69) is 18.2 Å². The fourth-order valence-electron chi connectivity index (χ4n) is 4.78. The molecular formula is C26H14O3. The van der Waals surface area contributed by atoms with Crippen molar-refractivity contribution < 1.29 is 13.6 Å². The first-order valence-electron chi connectivity index (χ1n) is 9.73. The highest BCUT2D eigenvalue weighted by atomic mass is 16.3. The van der Waals surface area contributed by atoms with Gasteiger partial charge in [0.2, 0.25) is 0 Å². The van der Waals surface area contributed by atoms with Gasteiger partial charge in [-0.1, -0.05) is 36.4 Å². The van der Waals surface area contributed by atoms with Crippen molar-refractivity contribution in [2.75, 3.05) is 0 Å². The number of carbonyl (C=O) groups is 1. The molecule has 0 bridgehead atoms. The molecule has 3 aromatic carbocycles. The maximum Gasteiger partial charge on any atom is 0.194 e. The minimum Gasteiger partial charge on any atom is -0.456 e. The Bertz CT molecular complexity index is 1590. The van der Waals surface area contributed by atoms with E-state index in [-0.39, 0.29) is 5.78 Å². The maximum absolute atomic E-state index is 13.2. The zero-order valence-corrected chi connectivity index (χ0v) is 15.4. The number of rotatable bonds is 0. The van der Waals surface area contributed by atoms with Crippen LogP contribution in [0.4, 0.5) is 0 Å². The number of ketones is 1. The summed E-state index contributed by atoms with van der Waals surface area (Å²) in [5.41, 5.74) is 6.67. The van der Waals surface area contributed by atoms with E-state index >= 15 is 0 Å². The van der Waals surface area contributed by atoms with E-state index in [9.17, 15) is 4.79 Å². The Kier molecular flexibility index (Phi) is 2.68. The lowest BCUT2D eigenvalue weighted by molar-refractivity contribution is 0.104. The summed E-state index contributed by atoms with van der Waals surface area (Å²) in [5, 5.41) is 3.03. The van der Waals surface area contributed by atoms with Gasteiger partial charge in [-0.3, -0.25) is 4.79 Å². The average Bonchev–Trinajstić information content (AvgIpc) is 3.32. The van der Waals surface area contributed by atoms with Gasteiger partial charge in [-0.15, -0.1) is 0 Å². The summed E-state index contributed by atoms with van der Waals surface area (Å²) in [6.45, 7) is 0. The summed E-state index contributed by atoms with van der Waals surface area (Å²) in [4.78, 5) is 13.2. The van der Waals surface area contributed by atoms with Gasteiger partial charge < -0.3 is 8.83 Å². The summed E-state index contributed by atoms with van der Waals surface area (Å²) in [7, 11) is 0. The molecule has 0 spiro atoms. The number of hydrogen-bond donors (Lipinski definition) is 0. The van der Waals surface area contributed by atoms with E-state index in [1.165, 1.54) is 0 Å². The van der Waals surface area contributed by atoms with Crippen LogP contribution in [-0.4, -0.2) is 5.78 Å². The van der Waals surface area contributed by atoms with Crippen LogP contribution in [0, 0.1) is 0 Å². The maximum atomic E-state index is 13.2. The number of carbonyl (C=O) groups excluding carboxylic acids is 1. The number of hydrogen-bond acceptors (Lipinski definition) is 3. The highest BCUT2D eigenvalue weighted by Crippen LogP contribution is 2.49. The molecule has 2 heterocycles. The van der Waals surface area contributed by atoms with E-state index in [1.807, 2.05) is 54.6 Å². The molecule has 0 N–H and O–H groups in total. The lowest BCUT2D eigenvalue weighted by Crippen LogP contribution is -1.94. The minimum absolute atomic E-state index is 0.0433. The van der Waals surface area contributed by atoms with Crippen molar-refractivity contribution in [3.63, 3.8) is 0 Å². The molecule has 0 saturated carbocycles. The van der Waals surface area contributed by atoms with Crippen LogP contribution in [0.25, 0.3) is 56.2 Å². The van der Waals surface area contributed by atoms with Crippen molar-refractivity contribution in [3.05, 3.63) is 83.1 Å². The second-order valence-electron chi connectivity index (χ2n) is 7.57. The first-order chi connectivity index (χ1) is 14.3. The Morgan fingerprint density at radius 2 is 1.55 bits per heavy atom. The van der Waals surface area contributed by atoms with Crippen molar-refractivity contribution in [3.8, 4) is 11.1 Å². The van der Waals surface area contributed by atoms with Crippen molar-refractivity contribution >= 4 is 50.8 Å². The molecule has 3 heteroatoms. The molecule has 0 amide bonds. The predicted octanol–water partition coefficient (Wildman–Crippen LogP) is 6.97. The summed E-state index contributed by atoms with van der Waals surface area (Å²) in [6.07, 6.45) is 9.24. The molecule has 3 nitrogen and oxygen atoms in total. The number of benzene rings is 3. The normalized spacial score (nSPS) is 14.6. The van der Waals surface area contributed by atoms with Crippen LogP contribution in [0.1, 0.15) is 33.7 Å². The van der Waals surface area contributed by atoms with E-state index in [4.69, 9.17) is 8.83 Å². The van der Waals surface area contributed by atoms with Crippen LogP contribution >= 0.6 is 0 Å². The van der Waals surface area contributed by atoms with Crippen molar-refractivity contribution in [1.29, 1.82) is 0 Å². The van der Waals surface area contributed by atoms with Gasteiger partial charge >= 0.3 is 0 Å². The van der Waals surface area contributed by atoms with Gasteiger partial charge in [0, 0.05) is 44.0 Å². The number of fused-ring (bicyclic) bond motifs is 11. The lowest BCUT2D eigenvalue weighted by Gasteiger charge is -2.03. The number of para-hydroxylation sites is 1. The third-order valence-electron chi connectivity index (χ3n) is 6.03. The van der Waals surface area contributed by atoms with Gasteiger partial charge in [0.1, 0.15) is 22.5 Å². The third-order valence-corrected chi connectivity index (χ3v) is 6.03. The zero-order chi connectivity index (χ0) is 19.1. The molecule has 7 rings (SSSR count). The monoisotopic (exact) mass is 374 g/mol. The molecule has 29 heavy (non-hydrogen) atoms. The summed E-state index contributed by atoms with van der Waals surface area (Å²) in [5.74, 6) is 0.883. The van der Waals surface area contributed by atoms with E-state index in [0.717, 1.165) is 61.8 Å². The molecule has 0 radical (unpaired) electrons. The number of allylic oxidation sites excluding steroid dienone is 2. The predicted molar refractivity (Wildman–Crippen MR) is 115 cm³/mol. The van der Waals surface area contributed by atoms with Crippen LogP contribution in [0.2, 0.25) is 0 Å². The molecule has 0 atom stereocenters. The fourth-order valence-corrected chi connectivity index (χ4v) is 4.78. The SMILES string of the molecule is O=C1c2ccc3c4c(oc3c2-c2c1ccc1oc3ccccc3c21)C=CCC=C4. The topological polar surface area (TPSA) is 43.4 Å². The Balaban J connectivity index is 1.69. The highest BCUT2D eigenvalue weighted by Gasteiger charge is 2.33. The second-order valence-corrected chi connectivity index (χ2v) is 7.57. The van der Waals surface area contributed by atoms with Crippen molar-refractivity contribution in [2.24, 2.45) is 0 Å². The first kappa shape index (κ1) is 15.1. The highest BCUT2D eigenvalue weighted by molar-refractivity contribution is 6.31. The minimum atomic E-state index is 0.0433. The standard InChI is InChI=1S/C26H14O3/c27-25-17-12-13-21-22(16-7-4-5-9-20(16)28-21)23(17)24-18(25)11-10-15-14-6-2-1-3-8-19(14)29-26(15)24/h2-13H,1H2. The van der Waals surface area contributed by atoms with Crippen LogP contribution in [0.3, 0.4) is 0 Å². The molecule has 0 aliphatic heterocycles. The van der Waals surface area contributed by atoms with E-state index in [0.29, 0.717) is 11.1 Å². The first-order valence-corrected chi connectivity index (χ1v) is 9.73. The van der Waals surface area contributed by atoms with Crippen LogP contribution in [-0.2, 0) is 0 Å². The van der Waals surface area contributed by atoms with E-state index < -0.39 is 0 Å². The van der Waals surface area contributed by atoms with Gasteiger partial charge in [0.05, 0.1) is 0 Å². The third kappa shape index (κ3) is 1.80. The van der Waals surface area contributed by atoms with Crippen LogP contribution < -0.4 is 0 Å². The zero-order valence-electron chi connectivity index (χ0n) is 15.4. The largest absolute Gasteiger partial charge is 0.456 e. The Morgan fingerprint density at radius 1 is 0.724 bits per heavy atom. The summed E-state index contributed by atoms with van der Waals surface area (Å²) < 4.78 is 12.4. The number of furan rings is 2. The molecule has 136 valence electrons. The molecule has 0 saturated heterocycles. The Morgan fingerprint density at radius 3 is 2.52 bits per heavy atom. The van der Waals surface area contributed by atoms with Gasteiger partial charge in [-0.2, -0.15) is 0 Å². The molecule has 2 aliphatic rings. The van der Waals surface area contributed by atoms with Gasteiger partial charge in [0.15, 0.2) is 5.78 Å². The quantitative estimate of drug-likeness (QED) is 0.288. The van der Waals surface area contributed by atoms with Crippen molar-refractivity contribution in [1.82, 2.24) is 0 Å². The van der Waals surface area contributed by atoms with Gasteiger partial charge in [0.25, 0.3) is 0 Å². The van der Waals surface area contributed by atoms with Crippen LogP contribution in [0.5, 0.6) is 0 Å². The fraction of sp³-hybridized carbons (Fsp3) is 0.0385. The molecule has 0 unspecified atom stereocenters. The summed E-state index contributed by atoms with van der Waals surface area (Å²) in [6, 6.07) is 15.7. The molecular weight excluding hydrogens is 360 g/mol. The Labute approximate surface area is 165 Å². The average molecular weight is 374 g/mol. The van der Waals surface area contributed by atoms with Crippen molar-refractivity contribution in [2.45, 2.75) is 6.42 Å². The van der Waals surface area contributed by atoms with Gasteiger partial charge in [-0.25, -0.2) is 0 Å². The smallest absolute Gasteiger partial charge is 0.194 e. The molecule has 2 aliphatic carbocycles. The lowest BCUT2D eigenvalue weighted by atomic mass is 9.97. The molecule has 2 aromatic heterocycles. The van der Waals surface area contributed by atoms with Crippen LogP contribution in [0.15, 0.2) is 69.5 Å². The Hall–Kier alpha value is -3.85. The molecule has 5 aromatic rings. The second kappa shape index (κ2) is 5.15. The van der Waals surface area contributed by atoms with Gasteiger partial charge in [-0.05, 0) is 42.8 Å².